The van der Waals surface area contributed by atoms with Gasteiger partial charge in [0.15, 0.2) is 0 Å². The first-order valence-corrected chi connectivity index (χ1v) is 6.53. The molecule has 0 saturated heterocycles. The molecular formula is C15H15N5. The van der Waals surface area contributed by atoms with E-state index < -0.39 is 0 Å². The molecule has 0 amide bonds. The van der Waals surface area contributed by atoms with Crippen LogP contribution in [-0.2, 0) is 7.05 Å². The molecule has 100 valence electrons. The number of hydrogen-bond acceptors (Lipinski definition) is 4. The van der Waals surface area contributed by atoms with Gasteiger partial charge in [-0.3, -0.25) is 9.67 Å². The minimum atomic E-state index is 0.644. The number of nitriles is 1. The van der Waals surface area contributed by atoms with E-state index in [4.69, 9.17) is 5.26 Å². The third-order valence-corrected chi connectivity index (χ3v) is 3.40. The molecule has 1 aromatic carbocycles. The van der Waals surface area contributed by atoms with Crippen LogP contribution in [0.1, 0.15) is 22.4 Å². The predicted octanol–water partition coefficient (Wildman–Crippen LogP) is 1.86. The van der Waals surface area contributed by atoms with Crippen molar-refractivity contribution in [3.63, 3.8) is 0 Å². The second-order valence-corrected chi connectivity index (χ2v) is 4.78. The van der Waals surface area contributed by atoms with E-state index in [-0.39, 0.29) is 0 Å². The maximum Gasteiger partial charge on any atom is 0.133 e. The lowest BCUT2D eigenvalue weighted by Crippen LogP contribution is -2.08. The summed E-state index contributed by atoms with van der Waals surface area (Å²) >= 11 is 0. The molecule has 2 aromatic rings. The topological polar surface area (TPSA) is 66.0 Å². The summed E-state index contributed by atoms with van der Waals surface area (Å²) in [5.74, 6) is 0.987. The normalized spacial score (nSPS) is 13.8. The monoisotopic (exact) mass is 265 g/mol. The van der Waals surface area contributed by atoms with Crippen LogP contribution < -0.4 is 5.32 Å². The Kier molecular flexibility index (Phi) is 2.99. The second kappa shape index (κ2) is 4.82. The third kappa shape index (κ3) is 1.95. The molecule has 0 fully saturated rings. The van der Waals surface area contributed by atoms with Crippen molar-refractivity contribution in [1.82, 2.24) is 9.78 Å². The molecule has 1 aromatic heterocycles. The largest absolute Gasteiger partial charge is 0.368 e. The lowest BCUT2D eigenvalue weighted by molar-refractivity contribution is 0.758. The van der Waals surface area contributed by atoms with Gasteiger partial charge in [-0.05, 0) is 19.1 Å². The Bertz CT molecular complexity index is 733. The number of hydrogen-bond donors (Lipinski definition) is 1. The molecule has 0 radical (unpaired) electrons. The van der Waals surface area contributed by atoms with Crippen molar-refractivity contribution in [2.75, 3.05) is 18.4 Å². The van der Waals surface area contributed by atoms with Crippen molar-refractivity contribution >= 4 is 11.5 Å². The maximum atomic E-state index is 9.05. The van der Waals surface area contributed by atoms with Gasteiger partial charge in [0.1, 0.15) is 5.82 Å². The van der Waals surface area contributed by atoms with Crippen LogP contribution in [0.5, 0.6) is 0 Å². The first-order valence-electron chi connectivity index (χ1n) is 6.53. The van der Waals surface area contributed by atoms with E-state index >= 15 is 0 Å². The number of benzene rings is 1. The van der Waals surface area contributed by atoms with Crippen LogP contribution in [0.25, 0.3) is 0 Å². The Hall–Kier alpha value is -2.61. The zero-order chi connectivity index (χ0) is 14.1. The van der Waals surface area contributed by atoms with Gasteiger partial charge in [0.25, 0.3) is 0 Å². The molecule has 0 unspecified atom stereocenters. The molecule has 1 aliphatic heterocycles. The van der Waals surface area contributed by atoms with Crippen LogP contribution in [0.3, 0.4) is 0 Å². The van der Waals surface area contributed by atoms with E-state index in [2.05, 4.69) is 21.5 Å². The highest BCUT2D eigenvalue weighted by Crippen LogP contribution is 2.25. The summed E-state index contributed by atoms with van der Waals surface area (Å²) in [5.41, 5.74) is 4.49. The summed E-state index contributed by atoms with van der Waals surface area (Å²) in [5, 5.41) is 16.9. The van der Waals surface area contributed by atoms with Crippen molar-refractivity contribution in [1.29, 1.82) is 5.26 Å². The SMILES string of the molecule is Cc1nn(C)c2c1C(c1cccc(C#N)c1)=NCCN2. The van der Waals surface area contributed by atoms with Gasteiger partial charge in [0, 0.05) is 19.2 Å². The smallest absolute Gasteiger partial charge is 0.133 e. The fourth-order valence-corrected chi connectivity index (χ4v) is 2.54. The maximum absolute atomic E-state index is 9.05. The molecule has 20 heavy (non-hydrogen) atoms. The first-order chi connectivity index (χ1) is 9.70. The number of fused-ring (bicyclic) bond motifs is 1. The molecule has 0 spiro atoms. The quantitative estimate of drug-likeness (QED) is 0.856. The number of nitrogens with one attached hydrogen (secondary N) is 1. The summed E-state index contributed by atoms with van der Waals surface area (Å²) in [6.07, 6.45) is 0. The Morgan fingerprint density at radius 3 is 3.05 bits per heavy atom. The fourth-order valence-electron chi connectivity index (χ4n) is 2.54. The van der Waals surface area contributed by atoms with Crippen LogP contribution in [0, 0.1) is 18.3 Å². The van der Waals surface area contributed by atoms with Gasteiger partial charge in [-0.15, -0.1) is 0 Å². The lowest BCUT2D eigenvalue weighted by atomic mass is 10.0. The van der Waals surface area contributed by atoms with Gasteiger partial charge >= 0.3 is 0 Å². The van der Waals surface area contributed by atoms with Crippen LogP contribution in [0.2, 0.25) is 0 Å². The molecular weight excluding hydrogens is 250 g/mol. The van der Waals surface area contributed by atoms with Crippen molar-refractivity contribution in [3.8, 4) is 6.07 Å². The summed E-state index contributed by atoms with van der Waals surface area (Å²) in [6, 6.07) is 9.73. The molecule has 0 bridgehead atoms. The van der Waals surface area contributed by atoms with Crippen LogP contribution in [0.15, 0.2) is 29.3 Å². The van der Waals surface area contributed by atoms with Gasteiger partial charge < -0.3 is 5.32 Å². The fraction of sp³-hybridized carbons (Fsp3) is 0.267. The Balaban J connectivity index is 2.19. The molecule has 1 N–H and O–H groups in total. The number of aliphatic imine (C=N–C) groups is 1. The van der Waals surface area contributed by atoms with Crippen molar-refractivity contribution in [2.24, 2.45) is 12.0 Å². The minimum absolute atomic E-state index is 0.644. The Labute approximate surface area is 117 Å². The van der Waals surface area contributed by atoms with E-state index in [0.717, 1.165) is 34.9 Å². The van der Waals surface area contributed by atoms with Crippen molar-refractivity contribution < 1.29 is 0 Å². The Morgan fingerprint density at radius 2 is 2.25 bits per heavy atom. The summed E-state index contributed by atoms with van der Waals surface area (Å²) in [6.45, 7) is 3.48. The molecule has 1 aliphatic rings. The molecule has 0 atom stereocenters. The van der Waals surface area contributed by atoms with E-state index in [1.165, 1.54) is 0 Å². The summed E-state index contributed by atoms with van der Waals surface area (Å²) < 4.78 is 1.85. The molecule has 5 heteroatoms. The van der Waals surface area contributed by atoms with Crippen LogP contribution >= 0.6 is 0 Å². The van der Waals surface area contributed by atoms with E-state index in [1.54, 1.807) is 6.07 Å². The third-order valence-electron chi connectivity index (χ3n) is 3.40. The first kappa shape index (κ1) is 12.4. The summed E-state index contributed by atoms with van der Waals surface area (Å²) in [7, 11) is 1.92. The van der Waals surface area contributed by atoms with Gasteiger partial charge in [0.2, 0.25) is 0 Å². The number of aromatic nitrogens is 2. The molecule has 5 nitrogen and oxygen atoms in total. The van der Waals surface area contributed by atoms with E-state index in [1.807, 2.05) is 36.9 Å². The predicted molar refractivity (Wildman–Crippen MR) is 78.1 cm³/mol. The molecule has 2 heterocycles. The molecule has 3 rings (SSSR count). The second-order valence-electron chi connectivity index (χ2n) is 4.78. The van der Waals surface area contributed by atoms with Gasteiger partial charge in [-0.25, -0.2) is 0 Å². The van der Waals surface area contributed by atoms with E-state index in [0.29, 0.717) is 12.1 Å². The average Bonchev–Trinajstić information content (AvgIpc) is 2.66. The zero-order valence-electron chi connectivity index (χ0n) is 11.5. The standard InChI is InChI=1S/C15H15N5/c1-10-13-14(12-5-3-4-11(8-12)9-16)17-6-7-18-15(13)20(2)19-10/h3-5,8,18H,6-7H2,1-2H3. The highest BCUT2D eigenvalue weighted by Gasteiger charge is 2.21. The number of aryl methyl sites for hydroxylation is 2. The van der Waals surface area contributed by atoms with Crippen molar-refractivity contribution in [2.45, 2.75) is 6.92 Å². The van der Waals surface area contributed by atoms with Gasteiger partial charge in [-0.2, -0.15) is 10.4 Å². The minimum Gasteiger partial charge on any atom is -0.368 e. The summed E-state index contributed by atoms with van der Waals surface area (Å²) in [4.78, 5) is 4.68. The van der Waals surface area contributed by atoms with Crippen LogP contribution in [0.4, 0.5) is 5.82 Å². The highest BCUT2D eigenvalue weighted by atomic mass is 15.3. The van der Waals surface area contributed by atoms with Gasteiger partial charge in [0.05, 0.1) is 35.1 Å². The highest BCUT2D eigenvalue weighted by molar-refractivity contribution is 6.16. The van der Waals surface area contributed by atoms with Gasteiger partial charge in [-0.1, -0.05) is 12.1 Å². The number of nitrogens with zero attached hydrogens (tertiary/aromatic N) is 4. The molecule has 0 saturated carbocycles. The van der Waals surface area contributed by atoms with E-state index in [9.17, 15) is 0 Å². The van der Waals surface area contributed by atoms with Crippen molar-refractivity contribution in [3.05, 3.63) is 46.6 Å². The molecule has 0 aliphatic carbocycles. The van der Waals surface area contributed by atoms with Crippen LogP contribution in [-0.4, -0.2) is 28.6 Å². The Morgan fingerprint density at radius 1 is 1.40 bits per heavy atom. The number of rotatable bonds is 1. The average molecular weight is 265 g/mol. The zero-order valence-corrected chi connectivity index (χ0v) is 11.5. The number of anilines is 1. The lowest BCUT2D eigenvalue weighted by Gasteiger charge is -2.07.